The van der Waals surface area contributed by atoms with Crippen LogP contribution < -0.4 is 0 Å². The molecule has 1 aromatic carbocycles. The Balaban J connectivity index is 2.15. The molecule has 1 aliphatic heterocycles. The van der Waals surface area contributed by atoms with Crippen molar-refractivity contribution in [3.05, 3.63) is 35.9 Å². The maximum atomic E-state index is 11.1. The standard InChI is InChI=1S/C13H17NO2/c1-10(11-6-3-2-4-7-11)14-9-5-8-12(14)13(15)16/h2-4,6-7,10,12H,5,8-9H2,1H3,(H,15,16)/t10-,12?/m1/s1. The number of nitrogens with zero attached hydrogens (tertiary/aromatic N) is 1. The van der Waals surface area contributed by atoms with E-state index in [9.17, 15) is 4.79 Å². The molecule has 0 aliphatic carbocycles. The van der Waals surface area contributed by atoms with Gasteiger partial charge in [-0.1, -0.05) is 30.3 Å². The van der Waals surface area contributed by atoms with E-state index in [-0.39, 0.29) is 12.1 Å². The number of rotatable bonds is 3. The van der Waals surface area contributed by atoms with Gasteiger partial charge in [-0.3, -0.25) is 9.69 Å². The van der Waals surface area contributed by atoms with Crippen molar-refractivity contribution in [2.24, 2.45) is 0 Å². The molecule has 3 nitrogen and oxygen atoms in total. The first-order valence-electron chi connectivity index (χ1n) is 5.73. The first kappa shape index (κ1) is 11.1. The number of aliphatic carboxylic acids is 1. The summed E-state index contributed by atoms with van der Waals surface area (Å²) in [6, 6.07) is 9.97. The van der Waals surface area contributed by atoms with E-state index >= 15 is 0 Å². The second-order valence-corrected chi connectivity index (χ2v) is 4.32. The largest absolute Gasteiger partial charge is 0.480 e. The summed E-state index contributed by atoms with van der Waals surface area (Å²) in [5.41, 5.74) is 1.19. The van der Waals surface area contributed by atoms with E-state index in [4.69, 9.17) is 5.11 Å². The summed E-state index contributed by atoms with van der Waals surface area (Å²) < 4.78 is 0. The predicted octanol–water partition coefficient (Wildman–Crippen LogP) is 2.30. The summed E-state index contributed by atoms with van der Waals surface area (Å²) in [5, 5.41) is 9.14. The van der Waals surface area contributed by atoms with E-state index in [0.29, 0.717) is 0 Å². The number of carbonyl (C=O) groups is 1. The van der Waals surface area contributed by atoms with Crippen LogP contribution in [-0.4, -0.2) is 28.6 Å². The van der Waals surface area contributed by atoms with Crippen molar-refractivity contribution in [1.82, 2.24) is 4.90 Å². The van der Waals surface area contributed by atoms with E-state index in [1.807, 2.05) is 18.2 Å². The molecule has 3 heteroatoms. The van der Waals surface area contributed by atoms with Crippen LogP contribution in [-0.2, 0) is 4.79 Å². The van der Waals surface area contributed by atoms with Gasteiger partial charge in [-0.15, -0.1) is 0 Å². The molecule has 1 N–H and O–H groups in total. The maximum Gasteiger partial charge on any atom is 0.320 e. The molecule has 0 amide bonds. The molecule has 1 aliphatic rings. The molecule has 0 bridgehead atoms. The summed E-state index contributed by atoms with van der Waals surface area (Å²) in [6.07, 6.45) is 1.75. The van der Waals surface area contributed by atoms with E-state index in [1.54, 1.807) is 0 Å². The molecule has 0 radical (unpaired) electrons. The van der Waals surface area contributed by atoms with Crippen molar-refractivity contribution < 1.29 is 9.90 Å². The van der Waals surface area contributed by atoms with Gasteiger partial charge in [-0.25, -0.2) is 0 Å². The fourth-order valence-corrected chi connectivity index (χ4v) is 2.44. The molecule has 1 saturated heterocycles. The Labute approximate surface area is 95.7 Å². The zero-order valence-electron chi connectivity index (χ0n) is 9.47. The van der Waals surface area contributed by atoms with Gasteiger partial charge in [0, 0.05) is 6.04 Å². The highest BCUT2D eigenvalue weighted by molar-refractivity contribution is 5.73. The van der Waals surface area contributed by atoms with Crippen molar-refractivity contribution in [2.45, 2.75) is 31.8 Å². The van der Waals surface area contributed by atoms with Crippen LogP contribution in [0.1, 0.15) is 31.4 Å². The summed E-state index contributed by atoms with van der Waals surface area (Å²) in [4.78, 5) is 13.2. The number of hydrogen-bond acceptors (Lipinski definition) is 2. The van der Waals surface area contributed by atoms with E-state index in [2.05, 4.69) is 24.0 Å². The summed E-state index contributed by atoms with van der Waals surface area (Å²) in [7, 11) is 0. The smallest absolute Gasteiger partial charge is 0.320 e. The van der Waals surface area contributed by atoms with Crippen LogP contribution in [0.25, 0.3) is 0 Å². The lowest BCUT2D eigenvalue weighted by molar-refractivity contribution is -0.142. The highest BCUT2D eigenvalue weighted by atomic mass is 16.4. The zero-order chi connectivity index (χ0) is 11.5. The van der Waals surface area contributed by atoms with Crippen LogP contribution in [0.2, 0.25) is 0 Å². The number of carboxylic acid groups (broad SMARTS) is 1. The highest BCUT2D eigenvalue weighted by Crippen LogP contribution is 2.28. The van der Waals surface area contributed by atoms with Gasteiger partial charge < -0.3 is 5.11 Å². The highest BCUT2D eigenvalue weighted by Gasteiger charge is 2.33. The third kappa shape index (κ3) is 2.09. The lowest BCUT2D eigenvalue weighted by Gasteiger charge is -2.28. The van der Waals surface area contributed by atoms with Gasteiger partial charge in [0.2, 0.25) is 0 Å². The summed E-state index contributed by atoms with van der Waals surface area (Å²) in [5.74, 6) is -0.694. The average Bonchev–Trinajstić information content (AvgIpc) is 2.78. The van der Waals surface area contributed by atoms with Crippen LogP contribution >= 0.6 is 0 Å². The SMILES string of the molecule is C[C@H](c1ccccc1)N1CCCC1C(=O)O. The lowest BCUT2D eigenvalue weighted by Crippen LogP contribution is -2.37. The molecule has 1 unspecified atom stereocenters. The Morgan fingerprint density at radius 2 is 2.12 bits per heavy atom. The molecule has 0 spiro atoms. The Kier molecular flexibility index (Phi) is 3.25. The van der Waals surface area contributed by atoms with Gasteiger partial charge >= 0.3 is 5.97 Å². The van der Waals surface area contributed by atoms with E-state index < -0.39 is 5.97 Å². The summed E-state index contributed by atoms with van der Waals surface area (Å²) in [6.45, 7) is 2.96. The van der Waals surface area contributed by atoms with Crippen molar-refractivity contribution in [3.63, 3.8) is 0 Å². The second kappa shape index (κ2) is 4.66. The molecule has 1 aromatic rings. The van der Waals surface area contributed by atoms with Gasteiger partial charge in [0.05, 0.1) is 0 Å². The van der Waals surface area contributed by atoms with Crippen LogP contribution in [0.5, 0.6) is 0 Å². The van der Waals surface area contributed by atoms with Gasteiger partial charge in [0.25, 0.3) is 0 Å². The molecule has 1 fully saturated rings. The minimum atomic E-state index is -0.694. The van der Waals surface area contributed by atoms with Crippen molar-refractivity contribution in [1.29, 1.82) is 0 Å². The first-order chi connectivity index (χ1) is 7.70. The Bertz CT molecular complexity index is 363. The normalized spacial score (nSPS) is 23.2. The van der Waals surface area contributed by atoms with Crippen molar-refractivity contribution >= 4 is 5.97 Å². The average molecular weight is 219 g/mol. The van der Waals surface area contributed by atoms with E-state index in [0.717, 1.165) is 19.4 Å². The van der Waals surface area contributed by atoms with Crippen LogP contribution in [0.15, 0.2) is 30.3 Å². The van der Waals surface area contributed by atoms with Crippen molar-refractivity contribution in [3.8, 4) is 0 Å². The van der Waals surface area contributed by atoms with Gasteiger partial charge in [0.15, 0.2) is 0 Å². The molecular formula is C13H17NO2. The molecule has 2 atom stereocenters. The van der Waals surface area contributed by atoms with Crippen LogP contribution in [0.3, 0.4) is 0 Å². The molecule has 1 heterocycles. The number of carboxylic acids is 1. The zero-order valence-corrected chi connectivity index (χ0v) is 9.47. The third-order valence-electron chi connectivity index (χ3n) is 3.36. The van der Waals surface area contributed by atoms with Gasteiger partial charge in [0.1, 0.15) is 6.04 Å². The molecule has 16 heavy (non-hydrogen) atoms. The van der Waals surface area contributed by atoms with Crippen molar-refractivity contribution in [2.75, 3.05) is 6.54 Å². The molecule has 0 saturated carbocycles. The minimum absolute atomic E-state index is 0.185. The predicted molar refractivity (Wildman–Crippen MR) is 62.2 cm³/mol. The molecule has 2 rings (SSSR count). The molecule has 0 aromatic heterocycles. The van der Waals surface area contributed by atoms with Crippen LogP contribution in [0.4, 0.5) is 0 Å². The second-order valence-electron chi connectivity index (χ2n) is 4.32. The minimum Gasteiger partial charge on any atom is -0.480 e. The maximum absolute atomic E-state index is 11.1. The van der Waals surface area contributed by atoms with E-state index in [1.165, 1.54) is 5.56 Å². The molecular weight excluding hydrogens is 202 g/mol. The number of likely N-dealkylation sites (tertiary alicyclic amines) is 1. The summed E-state index contributed by atoms with van der Waals surface area (Å²) >= 11 is 0. The Morgan fingerprint density at radius 3 is 2.75 bits per heavy atom. The molecule has 86 valence electrons. The topological polar surface area (TPSA) is 40.5 Å². The quantitative estimate of drug-likeness (QED) is 0.848. The fraction of sp³-hybridized carbons (Fsp3) is 0.462. The number of hydrogen-bond donors (Lipinski definition) is 1. The third-order valence-corrected chi connectivity index (χ3v) is 3.36. The lowest BCUT2D eigenvalue weighted by atomic mass is 10.1. The van der Waals surface area contributed by atoms with Gasteiger partial charge in [-0.2, -0.15) is 0 Å². The Morgan fingerprint density at radius 1 is 1.44 bits per heavy atom. The van der Waals surface area contributed by atoms with Gasteiger partial charge in [-0.05, 0) is 31.9 Å². The fourth-order valence-electron chi connectivity index (χ4n) is 2.44. The first-order valence-corrected chi connectivity index (χ1v) is 5.73. The monoisotopic (exact) mass is 219 g/mol. The number of benzene rings is 1. The van der Waals surface area contributed by atoms with Crippen LogP contribution in [0, 0.1) is 0 Å². The Hall–Kier alpha value is -1.35.